The van der Waals surface area contributed by atoms with Gasteiger partial charge in [-0.1, -0.05) is 13.8 Å². The monoisotopic (exact) mass is 378 g/mol. The molecule has 0 saturated carbocycles. The van der Waals surface area contributed by atoms with Crippen LogP contribution < -0.4 is 14.2 Å². The molecule has 0 spiro atoms. The molecule has 7 nitrogen and oxygen atoms in total. The number of carbonyl (C=O) groups is 1. The van der Waals surface area contributed by atoms with E-state index in [4.69, 9.17) is 18.9 Å². The zero-order chi connectivity index (χ0) is 20.0. The van der Waals surface area contributed by atoms with Crippen molar-refractivity contribution in [2.75, 3.05) is 41.6 Å². The van der Waals surface area contributed by atoms with E-state index in [2.05, 4.69) is 18.8 Å². The normalized spacial score (nSPS) is 11.1. The van der Waals surface area contributed by atoms with Crippen molar-refractivity contribution in [3.05, 3.63) is 17.8 Å². The zero-order valence-electron chi connectivity index (χ0n) is 17.0. The van der Waals surface area contributed by atoms with Gasteiger partial charge in [-0.05, 0) is 18.9 Å². The number of fused-ring (bicyclic) bond motifs is 1. The van der Waals surface area contributed by atoms with E-state index >= 15 is 0 Å². The number of amides is 1. The molecule has 0 bridgehead atoms. The lowest BCUT2D eigenvalue weighted by Crippen LogP contribution is -2.42. The molecule has 0 fully saturated rings. The molecule has 2 rings (SSSR count). The van der Waals surface area contributed by atoms with Crippen molar-refractivity contribution in [2.24, 2.45) is 0 Å². The number of hydrogen-bond acceptors (Lipinski definition) is 5. The number of benzene rings is 1. The maximum atomic E-state index is 13.3. The van der Waals surface area contributed by atoms with Crippen LogP contribution in [0.1, 0.15) is 37.2 Å². The number of hydrogen-bond donors (Lipinski definition) is 1. The van der Waals surface area contributed by atoms with Crippen LogP contribution in [0.4, 0.5) is 0 Å². The highest BCUT2D eigenvalue weighted by molar-refractivity contribution is 6.02. The summed E-state index contributed by atoms with van der Waals surface area (Å²) in [5.74, 6) is 1.63. The molecule has 2 aromatic rings. The van der Waals surface area contributed by atoms with Crippen LogP contribution in [0.15, 0.2) is 12.1 Å². The molecular formula is C20H30N2O5. The van der Waals surface area contributed by atoms with Gasteiger partial charge in [-0.25, -0.2) is 0 Å². The van der Waals surface area contributed by atoms with Crippen LogP contribution in [-0.2, 0) is 4.74 Å². The summed E-state index contributed by atoms with van der Waals surface area (Å²) < 4.78 is 21.6. The van der Waals surface area contributed by atoms with Gasteiger partial charge in [0.2, 0.25) is 0 Å². The summed E-state index contributed by atoms with van der Waals surface area (Å²) >= 11 is 0. The number of carbonyl (C=O) groups excluding carboxylic acids is 1. The topological polar surface area (TPSA) is 73.0 Å². The van der Waals surface area contributed by atoms with Gasteiger partial charge in [-0.15, -0.1) is 0 Å². The smallest absolute Gasteiger partial charge is 0.270 e. The summed E-state index contributed by atoms with van der Waals surface area (Å²) in [7, 11) is 6.36. The molecular weight excluding hydrogens is 348 g/mol. The lowest BCUT2D eigenvalue weighted by atomic mass is 10.1. The van der Waals surface area contributed by atoms with Gasteiger partial charge in [0.25, 0.3) is 5.91 Å². The number of H-pyrrole nitrogens is 1. The summed E-state index contributed by atoms with van der Waals surface area (Å²) in [6, 6.07) is 3.71. The SMILES string of the molecule is CCC(CC)N(CCOC)C(=O)c1cc2c(OC)cc(OC)c(OC)c2[nH]1. The first-order valence-electron chi connectivity index (χ1n) is 9.17. The maximum absolute atomic E-state index is 13.3. The van der Waals surface area contributed by atoms with Crippen LogP contribution in [0, 0.1) is 0 Å². The van der Waals surface area contributed by atoms with E-state index in [1.165, 1.54) is 0 Å². The van der Waals surface area contributed by atoms with Crippen molar-refractivity contribution in [1.29, 1.82) is 0 Å². The Morgan fingerprint density at radius 1 is 1.04 bits per heavy atom. The Morgan fingerprint density at radius 2 is 1.70 bits per heavy atom. The van der Waals surface area contributed by atoms with E-state index in [-0.39, 0.29) is 11.9 Å². The van der Waals surface area contributed by atoms with Gasteiger partial charge in [0, 0.05) is 31.1 Å². The fourth-order valence-corrected chi connectivity index (χ4v) is 3.38. The quantitative estimate of drug-likeness (QED) is 0.685. The second-order valence-electron chi connectivity index (χ2n) is 6.25. The van der Waals surface area contributed by atoms with Crippen LogP contribution in [0.3, 0.4) is 0 Å². The molecule has 1 aromatic heterocycles. The Morgan fingerprint density at radius 3 is 2.22 bits per heavy atom. The molecule has 7 heteroatoms. The highest BCUT2D eigenvalue weighted by atomic mass is 16.5. The minimum absolute atomic E-state index is 0.0694. The van der Waals surface area contributed by atoms with Gasteiger partial charge in [-0.3, -0.25) is 4.79 Å². The number of aromatic nitrogens is 1. The van der Waals surface area contributed by atoms with Gasteiger partial charge in [0.1, 0.15) is 11.4 Å². The standard InChI is InChI=1S/C20H30N2O5/c1-7-13(8-2)22(9-10-24-3)20(23)15-11-14-16(25-4)12-17(26-5)19(27-6)18(14)21-15/h11-13,21H,7-10H2,1-6H3. The third kappa shape index (κ3) is 4.13. The van der Waals surface area contributed by atoms with E-state index < -0.39 is 0 Å². The highest BCUT2D eigenvalue weighted by Gasteiger charge is 2.25. The fraction of sp³-hybridized carbons (Fsp3) is 0.550. The molecule has 1 N–H and O–H groups in total. The lowest BCUT2D eigenvalue weighted by Gasteiger charge is -2.30. The van der Waals surface area contributed by atoms with Gasteiger partial charge in [-0.2, -0.15) is 0 Å². The minimum Gasteiger partial charge on any atom is -0.496 e. The molecule has 150 valence electrons. The van der Waals surface area contributed by atoms with E-state index in [1.54, 1.807) is 40.6 Å². The third-order valence-electron chi connectivity index (χ3n) is 4.85. The number of ether oxygens (including phenoxy) is 4. The number of methoxy groups -OCH3 is 4. The average molecular weight is 378 g/mol. The molecule has 0 radical (unpaired) electrons. The second-order valence-corrected chi connectivity index (χ2v) is 6.25. The average Bonchev–Trinajstić information content (AvgIpc) is 3.14. The Bertz CT molecular complexity index is 767. The number of nitrogens with zero attached hydrogens (tertiary/aromatic N) is 1. The fourth-order valence-electron chi connectivity index (χ4n) is 3.38. The van der Waals surface area contributed by atoms with Crippen molar-refractivity contribution in [3.63, 3.8) is 0 Å². The molecule has 0 atom stereocenters. The molecule has 0 unspecified atom stereocenters. The van der Waals surface area contributed by atoms with Gasteiger partial charge in [0.05, 0.1) is 33.5 Å². The molecule has 0 saturated heterocycles. The number of nitrogens with one attached hydrogen (secondary N) is 1. The van der Waals surface area contributed by atoms with E-state index in [0.717, 1.165) is 18.2 Å². The maximum Gasteiger partial charge on any atom is 0.270 e. The summed E-state index contributed by atoms with van der Waals surface area (Å²) in [6.45, 7) is 5.20. The highest BCUT2D eigenvalue weighted by Crippen LogP contribution is 2.41. The van der Waals surface area contributed by atoms with Crippen LogP contribution in [0.25, 0.3) is 10.9 Å². The predicted octanol–water partition coefficient (Wildman–Crippen LogP) is 3.47. The number of rotatable bonds is 10. The summed E-state index contributed by atoms with van der Waals surface area (Å²) in [4.78, 5) is 18.3. The first kappa shape index (κ1) is 20.9. The third-order valence-corrected chi connectivity index (χ3v) is 4.85. The van der Waals surface area contributed by atoms with Crippen LogP contribution in [0.2, 0.25) is 0 Å². The van der Waals surface area contributed by atoms with Crippen molar-refractivity contribution < 1.29 is 23.7 Å². The van der Waals surface area contributed by atoms with E-state index in [9.17, 15) is 4.79 Å². The Labute approximate surface area is 160 Å². The van der Waals surface area contributed by atoms with Crippen molar-refractivity contribution >= 4 is 16.8 Å². The Kier molecular flexibility index (Phi) is 7.36. The van der Waals surface area contributed by atoms with Crippen LogP contribution in [0.5, 0.6) is 17.2 Å². The molecule has 1 amide bonds. The molecule has 0 aliphatic carbocycles. The van der Waals surface area contributed by atoms with Gasteiger partial charge < -0.3 is 28.8 Å². The molecule has 0 aliphatic rings. The van der Waals surface area contributed by atoms with E-state index in [1.807, 2.05) is 4.90 Å². The van der Waals surface area contributed by atoms with Crippen molar-refractivity contribution in [1.82, 2.24) is 9.88 Å². The van der Waals surface area contributed by atoms with Crippen LogP contribution in [-0.4, -0.2) is 63.4 Å². The minimum atomic E-state index is -0.0694. The van der Waals surface area contributed by atoms with Crippen molar-refractivity contribution in [2.45, 2.75) is 32.7 Å². The lowest BCUT2D eigenvalue weighted by molar-refractivity contribution is 0.0584. The predicted molar refractivity (Wildman–Crippen MR) is 105 cm³/mol. The van der Waals surface area contributed by atoms with Gasteiger partial charge in [0.15, 0.2) is 11.5 Å². The first-order valence-corrected chi connectivity index (χ1v) is 9.17. The molecule has 0 aliphatic heterocycles. The summed E-state index contributed by atoms with van der Waals surface area (Å²) in [5, 5.41) is 0.773. The summed E-state index contributed by atoms with van der Waals surface area (Å²) in [5.41, 5.74) is 1.16. The van der Waals surface area contributed by atoms with Gasteiger partial charge >= 0.3 is 0 Å². The number of aromatic amines is 1. The Balaban J connectivity index is 2.54. The van der Waals surface area contributed by atoms with Crippen molar-refractivity contribution in [3.8, 4) is 17.2 Å². The summed E-state index contributed by atoms with van der Waals surface area (Å²) in [6.07, 6.45) is 1.76. The van der Waals surface area contributed by atoms with Crippen LogP contribution >= 0.6 is 0 Å². The molecule has 1 heterocycles. The second kappa shape index (κ2) is 9.50. The first-order chi connectivity index (χ1) is 13.1. The molecule has 1 aromatic carbocycles. The Hall–Kier alpha value is -2.41. The van der Waals surface area contributed by atoms with E-state index in [0.29, 0.717) is 41.6 Å². The molecule has 27 heavy (non-hydrogen) atoms. The largest absolute Gasteiger partial charge is 0.496 e. The zero-order valence-corrected chi connectivity index (χ0v) is 17.0.